The molecule has 158 valence electrons. The predicted molar refractivity (Wildman–Crippen MR) is 124 cm³/mol. The van der Waals surface area contributed by atoms with Crippen molar-refractivity contribution in [1.82, 2.24) is 4.98 Å². The van der Waals surface area contributed by atoms with E-state index < -0.39 is 0 Å². The van der Waals surface area contributed by atoms with Crippen LogP contribution in [0.1, 0.15) is 0 Å². The van der Waals surface area contributed by atoms with E-state index in [2.05, 4.69) is 10.3 Å². The Balaban J connectivity index is 1.42. The molecule has 0 aliphatic carbocycles. The highest BCUT2D eigenvalue weighted by Crippen LogP contribution is 2.28. The topological polar surface area (TPSA) is 77.9 Å². The number of fused-ring (bicyclic) bond motifs is 1. The molecule has 0 aliphatic rings. The van der Waals surface area contributed by atoms with Gasteiger partial charge in [0.25, 0.3) is 0 Å². The van der Waals surface area contributed by atoms with Crippen LogP contribution in [-0.2, 0) is 0 Å². The first-order chi connectivity index (χ1) is 15.3. The van der Waals surface area contributed by atoms with Gasteiger partial charge in [-0.3, -0.25) is 4.98 Å². The zero-order chi connectivity index (χ0) is 21.5. The van der Waals surface area contributed by atoms with Gasteiger partial charge in [-0.05, 0) is 60.7 Å². The Kier molecular flexibility index (Phi) is 6.62. The lowest BCUT2D eigenvalue weighted by atomic mass is 10.2. The highest BCUT2D eigenvalue weighted by molar-refractivity contribution is 5.92. The SMILES string of the molecule is OCCN(CCO)c1ccc(Oc2ccc(Nc3ccnc4ccccc34)cc2)cc1. The van der Waals surface area contributed by atoms with Crippen LogP contribution in [-0.4, -0.2) is 41.5 Å². The number of nitrogens with zero attached hydrogens (tertiary/aromatic N) is 2. The van der Waals surface area contributed by atoms with E-state index >= 15 is 0 Å². The summed E-state index contributed by atoms with van der Waals surface area (Å²) in [5, 5.41) is 22.9. The van der Waals surface area contributed by atoms with E-state index in [1.54, 1.807) is 6.20 Å². The Morgan fingerprint density at radius 2 is 1.42 bits per heavy atom. The molecule has 0 amide bonds. The molecule has 3 N–H and O–H groups in total. The number of hydrogen-bond acceptors (Lipinski definition) is 6. The van der Waals surface area contributed by atoms with Gasteiger partial charge in [-0.1, -0.05) is 18.2 Å². The summed E-state index contributed by atoms with van der Waals surface area (Å²) in [6.45, 7) is 1.02. The van der Waals surface area contributed by atoms with Gasteiger partial charge in [0.1, 0.15) is 11.5 Å². The van der Waals surface area contributed by atoms with E-state index in [4.69, 9.17) is 4.74 Å². The van der Waals surface area contributed by atoms with Crippen molar-refractivity contribution in [3.05, 3.63) is 85.1 Å². The van der Waals surface area contributed by atoms with Gasteiger partial charge in [0.2, 0.25) is 0 Å². The number of pyridine rings is 1. The first kappa shape index (κ1) is 20.7. The second-order valence-electron chi connectivity index (χ2n) is 7.06. The monoisotopic (exact) mass is 415 g/mol. The molecule has 6 nitrogen and oxygen atoms in total. The Morgan fingerprint density at radius 3 is 2.10 bits per heavy atom. The predicted octanol–water partition coefficient (Wildman–Crippen LogP) is 4.56. The van der Waals surface area contributed by atoms with Crippen molar-refractivity contribution in [2.45, 2.75) is 0 Å². The summed E-state index contributed by atoms with van der Waals surface area (Å²) in [4.78, 5) is 6.32. The Hall–Kier alpha value is -3.61. The van der Waals surface area contributed by atoms with Crippen LogP contribution in [0.4, 0.5) is 17.1 Å². The van der Waals surface area contributed by atoms with Crippen LogP contribution in [0.2, 0.25) is 0 Å². The van der Waals surface area contributed by atoms with E-state index in [0.717, 1.165) is 39.5 Å². The number of aromatic nitrogens is 1. The summed E-state index contributed by atoms with van der Waals surface area (Å²) < 4.78 is 5.95. The number of aliphatic hydroxyl groups excluding tert-OH is 2. The minimum absolute atomic E-state index is 0.0356. The molecule has 1 aromatic heterocycles. The molecule has 0 radical (unpaired) electrons. The van der Waals surface area contributed by atoms with Gasteiger partial charge in [-0.2, -0.15) is 0 Å². The number of aliphatic hydroxyl groups is 2. The second-order valence-corrected chi connectivity index (χ2v) is 7.06. The Morgan fingerprint density at radius 1 is 0.774 bits per heavy atom. The maximum atomic E-state index is 9.19. The van der Waals surface area contributed by atoms with Crippen molar-refractivity contribution in [2.75, 3.05) is 36.5 Å². The average molecular weight is 415 g/mol. The first-order valence-electron chi connectivity index (χ1n) is 10.2. The molecule has 1 heterocycles. The third-order valence-corrected chi connectivity index (χ3v) is 4.96. The zero-order valence-corrected chi connectivity index (χ0v) is 17.1. The third-order valence-electron chi connectivity index (χ3n) is 4.96. The zero-order valence-electron chi connectivity index (χ0n) is 17.1. The minimum Gasteiger partial charge on any atom is -0.457 e. The standard InChI is InChI=1S/C25H25N3O3/c29-17-15-28(16-18-30)20-7-11-22(12-8-20)31-21-9-5-19(6-10-21)27-25-13-14-26-24-4-2-1-3-23(24)25/h1-14,29-30H,15-18H2,(H,26,27). The number of ether oxygens (including phenoxy) is 1. The van der Waals surface area contributed by atoms with Crippen LogP contribution in [0.3, 0.4) is 0 Å². The average Bonchev–Trinajstić information content (AvgIpc) is 2.81. The van der Waals surface area contributed by atoms with Crippen LogP contribution in [0.5, 0.6) is 11.5 Å². The molecule has 0 unspecified atom stereocenters. The molecule has 0 saturated heterocycles. The van der Waals surface area contributed by atoms with Gasteiger partial charge < -0.3 is 25.2 Å². The number of anilines is 3. The molecule has 4 rings (SSSR count). The van der Waals surface area contributed by atoms with Crippen molar-refractivity contribution in [1.29, 1.82) is 0 Å². The first-order valence-corrected chi connectivity index (χ1v) is 10.2. The van der Waals surface area contributed by atoms with Crippen LogP contribution >= 0.6 is 0 Å². The normalized spacial score (nSPS) is 10.8. The van der Waals surface area contributed by atoms with Crippen LogP contribution in [0, 0.1) is 0 Å². The number of benzene rings is 3. The molecule has 0 spiro atoms. The Labute approximate surface area is 181 Å². The van der Waals surface area contributed by atoms with Crippen molar-refractivity contribution >= 4 is 28.0 Å². The smallest absolute Gasteiger partial charge is 0.127 e. The lowest BCUT2D eigenvalue weighted by Gasteiger charge is -2.23. The summed E-state index contributed by atoms with van der Waals surface area (Å²) in [7, 11) is 0. The number of nitrogens with one attached hydrogen (secondary N) is 1. The highest BCUT2D eigenvalue weighted by atomic mass is 16.5. The fourth-order valence-corrected chi connectivity index (χ4v) is 3.44. The fraction of sp³-hybridized carbons (Fsp3) is 0.160. The molecule has 0 saturated carbocycles. The largest absolute Gasteiger partial charge is 0.457 e. The third kappa shape index (κ3) is 5.12. The van der Waals surface area contributed by atoms with E-state index in [-0.39, 0.29) is 13.2 Å². The maximum absolute atomic E-state index is 9.19. The summed E-state index contributed by atoms with van der Waals surface area (Å²) in [5.41, 5.74) is 3.85. The molecule has 0 bridgehead atoms. The van der Waals surface area contributed by atoms with Crippen molar-refractivity contribution in [2.24, 2.45) is 0 Å². The molecule has 4 aromatic rings. The van der Waals surface area contributed by atoms with Crippen molar-refractivity contribution < 1.29 is 14.9 Å². The molecule has 3 aromatic carbocycles. The summed E-state index contributed by atoms with van der Waals surface area (Å²) in [6, 6.07) is 25.4. The van der Waals surface area contributed by atoms with Crippen LogP contribution in [0.25, 0.3) is 10.9 Å². The van der Waals surface area contributed by atoms with Gasteiger partial charge in [0.15, 0.2) is 0 Å². The molecular weight excluding hydrogens is 390 g/mol. The van der Waals surface area contributed by atoms with E-state index in [1.165, 1.54) is 0 Å². The van der Waals surface area contributed by atoms with Gasteiger partial charge in [-0.15, -0.1) is 0 Å². The van der Waals surface area contributed by atoms with Gasteiger partial charge in [0.05, 0.1) is 18.7 Å². The van der Waals surface area contributed by atoms with E-state index in [9.17, 15) is 10.2 Å². The number of hydrogen-bond donors (Lipinski definition) is 3. The minimum atomic E-state index is 0.0356. The van der Waals surface area contributed by atoms with Gasteiger partial charge in [-0.25, -0.2) is 0 Å². The summed E-state index contributed by atoms with van der Waals surface area (Å²) >= 11 is 0. The summed E-state index contributed by atoms with van der Waals surface area (Å²) in [6.07, 6.45) is 1.80. The van der Waals surface area contributed by atoms with Crippen LogP contribution < -0.4 is 15.0 Å². The van der Waals surface area contributed by atoms with Gasteiger partial charge >= 0.3 is 0 Å². The molecule has 31 heavy (non-hydrogen) atoms. The molecule has 6 heteroatoms. The van der Waals surface area contributed by atoms with E-state index in [1.807, 2.05) is 83.8 Å². The van der Waals surface area contributed by atoms with Crippen molar-refractivity contribution in [3.8, 4) is 11.5 Å². The van der Waals surface area contributed by atoms with Crippen molar-refractivity contribution in [3.63, 3.8) is 0 Å². The molecule has 0 fully saturated rings. The highest BCUT2D eigenvalue weighted by Gasteiger charge is 2.06. The quantitative estimate of drug-likeness (QED) is 0.372. The Bertz CT molecular complexity index is 1100. The van der Waals surface area contributed by atoms with E-state index in [0.29, 0.717) is 13.1 Å². The van der Waals surface area contributed by atoms with Crippen LogP contribution in [0.15, 0.2) is 85.1 Å². The fourth-order valence-electron chi connectivity index (χ4n) is 3.44. The molecule has 0 aliphatic heterocycles. The molecular formula is C25H25N3O3. The lowest BCUT2D eigenvalue weighted by Crippen LogP contribution is -2.29. The second kappa shape index (κ2) is 9.93. The number of para-hydroxylation sites is 1. The summed E-state index contributed by atoms with van der Waals surface area (Å²) in [5.74, 6) is 1.46. The molecule has 0 atom stereocenters. The number of rotatable bonds is 9. The van der Waals surface area contributed by atoms with Gasteiger partial charge in [0, 0.05) is 41.7 Å². The maximum Gasteiger partial charge on any atom is 0.127 e. The lowest BCUT2D eigenvalue weighted by molar-refractivity contribution is 0.281.